The monoisotopic (exact) mass is 454 g/mol. The molecule has 0 saturated heterocycles. The van der Waals surface area contributed by atoms with Crippen molar-refractivity contribution in [3.05, 3.63) is 76.3 Å². The number of methoxy groups -OCH3 is 1. The van der Waals surface area contributed by atoms with Crippen molar-refractivity contribution < 1.29 is 4.74 Å². The van der Waals surface area contributed by atoms with Gasteiger partial charge in [-0.1, -0.05) is 57.2 Å². The Morgan fingerprint density at radius 1 is 1.00 bits per heavy atom. The molecule has 172 valence electrons. The lowest BCUT2D eigenvalue weighted by atomic mass is 9.87. The summed E-state index contributed by atoms with van der Waals surface area (Å²) in [6, 6.07) is 15.9. The van der Waals surface area contributed by atoms with Gasteiger partial charge < -0.3 is 4.74 Å². The van der Waals surface area contributed by atoms with Crippen molar-refractivity contribution in [1.29, 1.82) is 0 Å². The van der Waals surface area contributed by atoms with Crippen LogP contribution in [0.15, 0.2) is 64.8 Å². The number of benzene rings is 2. The average molecular weight is 455 g/mol. The molecule has 0 spiro atoms. The van der Waals surface area contributed by atoms with Gasteiger partial charge in [0.25, 0.3) is 5.56 Å². The van der Waals surface area contributed by atoms with E-state index in [0.29, 0.717) is 40.9 Å². The van der Waals surface area contributed by atoms with Gasteiger partial charge in [0.05, 0.1) is 30.4 Å². The summed E-state index contributed by atoms with van der Waals surface area (Å²) < 4.78 is 8.27. The largest absolute Gasteiger partial charge is 0.383 e. The predicted octanol–water partition coefficient (Wildman–Crippen LogP) is 4.12. The molecule has 0 aliphatic heterocycles. The quantitative estimate of drug-likeness (QED) is 0.373. The molecule has 0 saturated carbocycles. The van der Waals surface area contributed by atoms with Crippen LogP contribution in [-0.2, 0) is 16.7 Å². The molecule has 0 aliphatic carbocycles. The molecule has 3 heterocycles. The third-order valence-electron chi connectivity index (χ3n) is 5.84. The molecule has 8 nitrogen and oxygen atoms in total. The minimum atomic E-state index is -0.194. The lowest BCUT2D eigenvalue weighted by Gasteiger charge is -2.18. The normalized spacial score (nSPS) is 12.5. The second-order valence-electron chi connectivity index (χ2n) is 9.25. The SMILES string of the molecule is COCCn1cnc2c(c1=O)c1nc3ccccc3nc1n2/N=C\c1ccc(C(C)(C)C)cc1. The molecule has 3 aromatic heterocycles. The van der Waals surface area contributed by atoms with E-state index in [4.69, 9.17) is 14.7 Å². The molecule has 0 N–H and O–H groups in total. The van der Waals surface area contributed by atoms with Crippen LogP contribution in [0.3, 0.4) is 0 Å². The Morgan fingerprint density at radius 3 is 2.38 bits per heavy atom. The average Bonchev–Trinajstić information content (AvgIpc) is 3.13. The third-order valence-corrected chi connectivity index (χ3v) is 5.84. The molecule has 2 aromatic carbocycles. The van der Waals surface area contributed by atoms with Gasteiger partial charge in [-0.3, -0.25) is 9.36 Å². The minimum Gasteiger partial charge on any atom is -0.383 e. The first-order valence-corrected chi connectivity index (χ1v) is 11.2. The van der Waals surface area contributed by atoms with Gasteiger partial charge in [0.15, 0.2) is 11.3 Å². The number of fused-ring (bicyclic) bond motifs is 4. The van der Waals surface area contributed by atoms with Gasteiger partial charge in [-0.25, -0.2) is 15.0 Å². The van der Waals surface area contributed by atoms with Crippen LogP contribution in [0, 0.1) is 0 Å². The molecule has 5 rings (SSSR count). The standard InChI is InChI=1S/C26H26N6O2/c1-26(2,3)18-11-9-17(10-12-18)15-28-32-23-21(25(33)31(16-27-23)13-14-34-4)22-24(32)30-20-8-6-5-7-19(20)29-22/h5-12,15-16H,13-14H2,1-4H3/b28-15-. The second kappa shape index (κ2) is 8.46. The van der Waals surface area contributed by atoms with E-state index in [1.165, 1.54) is 16.5 Å². The van der Waals surface area contributed by atoms with E-state index in [-0.39, 0.29) is 11.0 Å². The van der Waals surface area contributed by atoms with Gasteiger partial charge in [-0.15, -0.1) is 0 Å². The summed E-state index contributed by atoms with van der Waals surface area (Å²) in [5, 5.41) is 5.07. The predicted molar refractivity (Wildman–Crippen MR) is 135 cm³/mol. The molecule has 0 unspecified atom stereocenters. The summed E-state index contributed by atoms with van der Waals surface area (Å²) in [6.45, 7) is 7.35. The number of hydrogen-bond acceptors (Lipinski definition) is 6. The molecule has 34 heavy (non-hydrogen) atoms. The first-order chi connectivity index (χ1) is 16.4. The van der Waals surface area contributed by atoms with Crippen molar-refractivity contribution in [3.8, 4) is 0 Å². The van der Waals surface area contributed by atoms with Crippen LogP contribution in [0.5, 0.6) is 0 Å². The number of nitrogens with zero attached hydrogens (tertiary/aromatic N) is 6. The maximum absolute atomic E-state index is 13.3. The van der Waals surface area contributed by atoms with E-state index in [0.717, 1.165) is 11.1 Å². The lowest BCUT2D eigenvalue weighted by molar-refractivity contribution is 0.186. The van der Waals surface area contributed by atoms with Crippen LogP contribution in [0.25, 0.3) is 33.2 Å². The molecule has 0 aliphatic rings. The van der Waals surface area contributed by atoms with Gasteiger partial charge in [0.2, 0.25) is 0 Å². The Hall–Kier alpha value is -3.91. The van der Waals surface area contributed by atoms with Crippen molar-refractivity contribution in [1.82, 2.24) is 24.2 Å². The number of ether oxygens (including phenoxy) is 1. The Balaban J connectivity index is 1.71. The highest BCUT2D eigenvalue weighted by Crippen LogP contribution is 2.25. The van der Waals surface area contributed by atoms with Gasteiger partial charge in [0, 0.05) is 7.11 Å². The summed E-state index contributed by atoms with van der Waals surface area (Å²) in [7, 11) is 1.60. The van der Waals surface area contributed by atoms with Crippen LogP contribution in [0.2, 0.25) is 0 Å². The van der Waals surface area contributed by atoms with Crippen LogP contribution < -0.4 is 5.56 Å². The van der Waals surface area contributed by atoms with Crippen molar-refractivity contribution >= 4 is 39.4 Å². The Bertz CT molecular complexity index is 1590. The fraction of sp³-hybridized carbons (Fsp3) is 0.269. The summed E-state index contributed by atoms with van der Waals surface area (Å²) >= 11 is 0. The highest BCUT2D eigenvalue weighted by atomic mass is 16.5. The van der Waals surface area contributed by atoms with Crippen LogP contribution in [-0.4, -0.2) is 44.1 Å². The zero-order valence-corrected chi connectivity index (χ0v) is 19.7. The molecule has 0 fully saturated rings. The first kappa shape index (κ1) is 21.9. The maximum Gasteiger partial charge on any atom is 0.265 e. The van der Waals surface area contributed by atoms with E-state index in [1.807, 2.05) is 36.4 Å². The van der Waals surface area contributed by atoms with E-state index in [9.17, 15) is 4.79 Å². The van der Waals surface area contributed by atoms with Crippen molar-refractivity contribution in [3.63, 3.8) is 0 Å². The second-order valence-corrected chi connectivity index (χ2v) is 9.25. The van der Waals surface area contributed by atoms with Crippen molar-refractivity contribution in [2.45, 2.75) is 32.7 Å². The van der Waals surface area contributed by atoms with E-state index in [1.54, 1.807) is 18.0 Å². The zero-order chi connectivity index (χ0) is 23.9. The zero-order valence-electron chi connectivity index (χ0n) is 19.7. The summed E-state index contributed by atoms with van der Waals surface area (Å²) in [6.07, 6.45) is 3.27. The molecule has 5 aromatic rings. The highest BCUT2D eigenvalue weighted by Gasteiger charge is 2.19. The smallest absolute Gasteiger partial charge is 0.265 e. The third kappa shape index (κ3) is 3.86. The molecule has 0 atom stereocenters. The summed E-state index contributed by atoms with van der Waals surface area (Å²) in [5.74, 6) is 0. The molecule has 0 bridgehead atoms. The van der Waals surface area contributed by atoms with Crippen molar-refractivity contribution in [2.24, 2.45) is 5.10 Å². The fourth-order valence-electron chi connectivity index (χ4n) is 3.91. The number of para-hydroxylation sites is 2. The topological polar surface area (TPSA) is 87.2 Å². The molecular weight excluding hydrogens is 428 g/mol. The number of hydrogen-bond donors (Lipinski definition) is 0. The van der Waals surface area contributed by atoms with Gasteiger partial charge >= 0.3 is 0 Å². The highest BCUT2D eigenvalue weighted by molar-refractivity contribution is 6.04. The molecule has 8 heteroatoms. The van der Waals surface area contributed by atoms with Gasteiger partial charge in [-0.2, -0.15) is 9.78 Å². The Labute approximate surface area is 196 Å². The molecular formula is C26H26N6O2. The van der Waals surface area contributed by atoms with Gasteiger partial charge in [0.1, 0.15) is 17.2 Å². The molecule has 0 amide bonds. The first-order valence-electron chi connectivity index (χ1n) is 11.2. The van der Waals surface area contributed by atoms with E-state index >= 15 is 0 Å². The van der Waals surface area contributed by atoms with Crippen LogP contribution in [0.4, 0.5) is 0 Å². The summed E-state index contributed by atoms with van der Waals surface area (Å²) in [5.41, 5.74) is 4.90. The van der Waals surface area contributed by atoms with Gasteiger partial charge in [-0.05, 0) is 28.7 Å². The minimum absolute atomic E-state index is 0.0752. The Morgan fingerprint density at radius 2 is 1.71 bits per heavy atom. The number of rotatable bonds is 5. The molecule has 0 radical (unpaired) electrons. The maximum atomic E-state index is 13.3. The Kier molecular flexibility index (Phi) is 5.45. The number of aromatic nitrogens is 5. The van der Waals surface area contributed by atoms with Crippen molar-refractivity contribution in [2.75, 3.05) is 13.7 Å². The van der Waals surface area contributed by atoms with Crippen LogP contribution in [0.1, 0.15) is 31.9 Å². The summed E-state index contributed by atoms with van der Waals surface area (Å²) in [4.78, 5) is 27.4. The van der Waals surface area contributed by atoms with E-state index in [2.05, 4.69) is 43.0 Å². The van der Waals surface area contributed by atoms with E-state index < -0.39 is 0 Å². The fourth-order valence-corrected chi connectivity index (χ4v) is 3.91. The van der Waals surface area contributed by atoms with Crippen LogP contribution >= 0.6 is 0 Å². The lowest BCUT2D eigenvalue weighted by Crippen LogP contribution is -2.22.